The Hall–Kier alpha value is -1.31. The smallest absolute Gasteiger partial charge is 0.338 e. The second-order valence-corrected chi connectivity index (χ2v) is 5.14. The summed E-state index contributed by atoms with van der Waals surface area (Å²) in [6, 6.07) is 9.21. The van der Waals surface area contributed by atoms with Crippen LogP contribution in [0.25, 0.3) is 0 Å². The molecule has 1 saturated carbocycles. The van der Waals surface area contributed by atoms with Crippen molar-refractivity contribution in [3.8, 4) is 0 Å². The van der Waals surface area contributed by atoms with Crippen LogP contribution in [0.2, 0.25) is 0 Å². The fourth-order valence-electron chi connectivity index (χ4n) is 2.28. The average Bonchev–Trinajstić information content (AvgIpc) is 2.59. The van der Waals surface area contributed by atoms with Crippen molar-refractivity contribution in [1.82, 2.24) is 0 Å². The second-order valence-electron chi connectivity index (χ2n) is 5.14. The van der Waals surface area contributed by atoms with Gasteiger partial charge in [-0.1, -0.05) is 32.0 Å². The molecule has 1 aromatic carbocycles. The van der Waals surface area contributed by atoms with Crippen molar-refractivity contribution in [2.24, 2.45) is 5.41 Å². The molecule has 16 heavy (non-hydrogen) atoms. The molecule has 2 nitrogen and oxygen atoms in total. The molecule has 86 valence electrons. The van der Waals surface area contributed by atoms with E-state index in [9.17, 15) is 4.79 Å². The summed E-state index contributed by atoms with van der Waals surface area (Å²) in [5.74, 6) is -0.194. The van der Waals surface area contributed by atoms with Crippen molar-refractivity contribution >= 4 is 5.97 Å². The lowest BCUT2D eigenvalue weighted by Crippen LogP contribution is -2.28. The SMILES string of the molecule is CC1(C)CCCC1OC(=O)c1ccccc1. The highest BCUT2D eigenvalue weighted by Gasteiger charge is 2.37. The van der Waals surface area contributed by atoms with Gasteiger partial charge < -0.3 is 4.74 Å². The van der Waals surface area contributed by atoms with Crippen LogP contribution in [-0.4, -0.2) is 12.1 Å². The zero-order valence-electron chi connectivity index (χ0n) is 9.90. The predicted octanol–water partition coefficient (Wildman–Crippen LogP) is 3.42. The van der Waals surface area contributed by atoms with Gasteiger partial charge in [0.25, 0.3) is 0 Å². The molecule has 2 heteroatoms. The second kappa shape index (κ2) is 4.28. The molecule has 0 saturated heterocycles. The molecule has 1 aliphatic rings. The summed E-state index contributed by atoms with van der Waals surface area (Å²) in [5.41, 5.74) is 0.773. The van der Waals surface area contributed by atoms with Crippen LogP contribution in [0.4, 0.5) is 0 Å². The van der Waals surface area contributed by atoms with Gasteiger partial charge in [-0.05, 0) is 31.4 Å². The van der Waals surface area contributed by atoms with Crippen LogP contribution in [0.1, 0.15) is 43.5 Å². The Morgan fingerprint density at radius 3 is 2.56 bits per heavy atom. The van der Waals surface area contributed by atoms with Crippen molar-refractivity contribution in [2.75, 3.05) is 0 Å². The minimum atomic E-state index is -0.194. The van der Waals surface area contributed by atoms with E-state index in [4.69, 9.17) is 4.74 Å². The van der Waals surface area contributed by atoms with Crippen LogP contribution in [0.3, 0.4) is 0 Å². The maximum atomic E-state index is 11.9. The molecular weight excluding hydrogens is 200 g/mol. The Bertz CT molecular complexity index is 368. The van der Waals surface area contributed by atoms with E-state index in [0.717, 1.165) is 19.3 Å². The van der Waals surface area contributed by atoms with E-state index in [1.807, 2.05) is 18.2 Å². The van der Waals surface area contributed by atoms with E-state index >= 15 is 0 Å². The molecule has 0 radical (unpaired) electrons. The molecule has 2 rings (SSSR count). The number of carbonyl (C=O) groups is 1. The Kier molecular flexibility index (Phi) is 2.99. The third-order valence-corrected chi connectivity index (χ3v) is 3.42. The third-order valence-electron chi connectivity index (χ3n) is 3.42. The number of benzene rings is 1. The average molecular weight is 218 g/mol. The largest absolute Gasteiger partial charge is 0.458 e. The number of rotatable bonds is 2. The fraction of sp³-hybridized carbons (Fsp3) is 0.500. The molecule has 1 aliphatic carbocycles. The van der Waals surface area contributed by atoms with Crippen molar-refractivity contribution < 1.29 is 9.53 Å². The van der Waals surface area contributed by atoms with Gasteiger partial charge >= 0.3 is 5.97 Å². The van der Waals surface area contributed by atoms with Crippen LogP contribution in [0, 0.1) is 5.41 Å². The molecule has 0 bridgehead atoms. The zero-order valence-corrected chi connectivity index (χ0v) is 9.90. The van der Waals surface area contributed by atoms with Crippen LogP contribution >= 0.6 is 0 Å². The topological polar surface area (TPSA) is 26.3 Å². The van der Waals surface area contributed by atoms with Gasteiger partial charge in [-0.2, -0.15) is 0 Å². The summed E-state index contributed by atoms with van der Waals surface area (Å²) in [6.07, 6.45) is 3.35. The number of hydrogen-bond acceptors (Lipinski definition) is 2. The first kappa shape index (κ1) is 11.2. The molecule has 1 unspecified atom stereocenters. The monoisotopic (exact) mass is 218 g/mol. The highest BCUT2D eigenvalue weighted by Crippen LogP contribution is 2.39. The zero-order chi connectivity index (χ0) is 11.6. The highest BCUT2D eigenvalue weighted by atomic mass is 16.5. The molecule has 1 aromatic rings. The van der Waals surface area contributed by atoms with Gasteiger partial charge in [0.05, 0.1) is 5.56 Å². The number of esters is 1. The standard InChI is InChI=1S/C14H18O2/c1-14(2)10-6-9-12(14)16-13(15)11-7-4-3-5-8-11/h3-5,7-8,12H,6,9-10H2,1-2H3. The van der Waals surface area contributed by atoms with Crippen molar-refractivity contribution in [3.63, 3.8) is 0 Å². The van der Waals surface area contributed by atoms with Crippen molar-refractivity contribution in [1.29, 1.82) is 0 Å². The molecular formula is C14H18O2. The van der Waals surface area contributed by atoms with Crippen LogP contribution in [0.15, 0.2) is 30.3 Å². The summed E-state index contributed by atoms with van der Waals surface area (Å²) in [5, 5.41) is 0. The maximum absolute atomic E-state index is 11.9. The summed E-state index contributed by atoms with van der Waals surface area (Å²) in [7, 11) is 0. The van der Waals surface area contributed by atoms with Crippen LogP contribution < -0.4 is 0 Å². The Labute approximate surface area is 96.6 Å². The van der Waals surface area contributed by atoms with Crippen LogP contribution in [-0.2, 0) is 4.74 Å². The van der Waals surface area contributed by atoms with E-state index in [1.165, 1.54) is 0 Å². The van der Waals surface area contributed by atoms with E-state index in [1.54, 1.807) is 12.1 Å². The molecule has 0 heterocycles. The first-order chi connectivity index (χ1) is 7.59. The van der Waals surface area contributed by atoms with Gasteiger partial charge in [-0.25, -0.2) is 4.79 Å². The van der Waals surface area contributed by atoms with Gasteiger partial charge in [0.15, 0.2) is 0 Å². The number of ether oxygens (including phenoxy) is 1. The summed E-state index contributed by atoms with van der Waals surface area (Å²) >= 11 is 0. The molecule has 0 spiro atoms. The highest BCUT2D eigenvalue weighted by molar-refractivity contribution is 5.89. The molecule has 0 aromatic heterocycles. The predicted molar refractivity (Wildman–Crippen MR) is 63.3 cm³/mol. The maximum Gasteiger partial charge on any atom is 0.338 e. The Balaban J connectivity index is 2.03. The quantitative estimate of drug-likeness (QED) is 0.711. The third kappa shape index (κ3) is 2.26. The molecule has 0 N–H and O–H groups in total. The minimum absolute atomic E-state index is 0.0696. The van der Waals surface area contributed by atoms with E-state index in [2.05, 4.69) is 13.8 Å². The summed E-state index contributed by atoms with van der Waals surface area (Å²) < 4.78 is 5.57. The summed E-state index contributed by atoms with van der Waals surface area (Å²) in [4.78, 5) is 11.9. The lowest BCUT2D eigenvalue weighted by Gasteiger charge is -2.26. The van der Waals surface area contributed by atoms with Crippen molar-refractivity contribution in [2.45, 2.75) is 39.2 Å². The van der Waals surface area contributed by atoms with Crippen LogP contribution in [0.5, 0.6) is 0 Å². The molecule has 1 atom stereocenters. The lowest BCUT2D eigenvalue weighted by atomic mass is 9.89. The number of carbonyl (C=O) groups excluding carboxylic acids is 1. The summed E-state index contributed by atoms with van der Waals surface area (Å²) in [6.45, 7) is 4.34. The lowest BCUT2D eigenvalue weighted by molar-refractivity contribution is 0.00441. The van der Waals surface area contributed by atoms with Gasteiger partial charge in [-0.15, -0.1) is 0 Å². The van der Waals surface area contributed by atoms with Gasteiger partial charge in [0, 0.05) is 5.41 Å². The fourth-order valence-corrected chi connectivity index (χ4v) is 2.28. The van der Waals surface area contributed by atoms with E-state index in [0.29, 0.717) is 5.56 Å². The van der Waals surface area contributed by atoms with Gasteiger partial charge in [0.2, 0.25) is 0 Å². The van der Waals surface area contributed by atoms with E-state index in [-0.39, 0.29) is 17.5 Å². The Morgan fingerprint density at radius 1 is 1.31 bits per heavy atom. The van der Waals surface area contributed by atoms with Crippen molar-refractivity contribution in [3.05, 3.63) is 35.9 Å². The Morgan fingerprint density at radius 2 is 2.00 bits per heavy atom. The molecule has 0 aliphatic heterocycles. The first-order valence-electron chi connectivity index (χ1n) is 5.86. The normalized spacial score (nSPS) is 23.0. The number of hydrogen-bond donors (Lipinski definition) is 0. The minimum Gasteiger partial charge on any atom is -0.458 e. The van der Waals surface area contributed by atoms with Gasteiger partial charge in [0.1, 0.15) is 6.10 Å². The first-order valence-corrected chi connectivity index (χ1v) is 5.86. The molecule has 0 amide bonds. The van der Waals surface area contributed by atoms with Gasteiger partial charge in [-0.3, -0.25) is 0 Å². The molecule has 1 fully saturated rings. The van der Waals surface area contributed by atoms with E-state index < -0.39 is 0 Å².